The van der Waals surface area contributed by atoms with Gasteiger partial charge in [0.1, 0.15) is 5.82 Å². The first kappa shape index (κ1) is 23.6. The highest BCUT2D eigenvalue weighted by atomic mass is 32.2. The van der Waals surface area contributed by atoms with Crippen molar-refractivity contribution in [2.45, 2.75) is 55.5 Å². The van der Waals surface area contributed by atoms with Crippen molar-refractivity contribution in [2.24, 2.45) is 11.8 Å². The number of anilines is 1. The van der Waals surface area contributed by atoms with Gasteiger partial charge in [0, 0.05) is 27.0 Å². The molecule has 1 N–H and O–H groups in total. The molecule has 0 radical (unpaired) electrons. The molecule has 1 saturated carbocycles. The average molecular weight is 489 g/mol. The minimum Gasteiger partial charge on any atom is -0.349 e. The predicted octanol–water partition coefficient (Wildman–Crippen LogP) is 6.69. The first-order chi connectivity index (χ1) is 16.9. The summed E-state index contributed by atoms with van der Waals surface area (Å²) in [5.41, 5.74) is 2.13. The second kappa shape index (κ2) is 9.86. The van der Waals surface area contributed by atoms with Gasteiger partial charge in [-0.05, 0) is 54.7 Å². The van der Waals surface area contributed by atoms with Crippen molar-refractivity contribution in [3.05, 3.63) is 89.2 Å². The lowest BCUT2D eigenvalue weighted by Gasteiger charge is -2.34. The number of fused-ring (bicyclic) bond motifs is 2. The highest BCUT2D eigenvalue weighted by molar-refractivity contribution is 7.99. The lowest BCUT2D eigenvalue weighted by atomic mass is 9.78. The van der Waals surface area contributed by atoms with Crippen LogP contribution in [0.15, 0.2) is 76.5 Å². The van der Waals surface area contributed by atoms with Crippen molar-refractivity contribution >= 4 is 29.3 Å². The molecule has 0 unspecified atom stereocenters. The number of hydrogen-bond acceptors (Lipinski definition) is 3. The van der Waals surface area contributed by atoms with Crippen LogP contribution >= 0.6 is 11.8 Å². The molecule has 0 bridgehead atoms. The first-order valence-corrected chi connectivity index (χ1v) is 13.0. The van der Waals surface area contributed by atoms with E-state index in [0.717, 1.165) is 22.6 Å². The summed E-state index contributed by atoms with van der Waals surface area (Å²) in [5, 5.41) is 3.23. The Morgan fingerprint density at radius 1 is 1.03 bits per heavy atom. The molecule has 180 valence electrons. The third-order valence-corrected chi connectivity index (χ3v) is 8.55. The Bertz CT molecular complexity index is 1280. The molecule has 0 spiro atoms. The topological polar surface area (TPSA) is 49.4 Å². The predicted molar refractivity (Wildman–Crippen MR) is 137 cm³/mol. The van der Waals surface area contributed by atoms with Crippen LogP contribution in [0.5, 0.6) is 0 Å². The molecule has 1 fully saturated rings. The molecule has 1 aliphatic heterocycles. The minimum atomic E-state index is -0.360. The molecule has 2 aliphatic rings. The van der Waals surface area contributed by atoms with Crippen molar-refractivity contribution in [2.75, 3.05) is 4.90 Å². The summed E-state index contributed by atoms with van der Waals surface area (Å²) in [6.07, 6.45) is 3.28. The van der Waals surface area contributed by atoms with Gasteiger partial charge in [-0.2, -0.15) is 0 Å². The van der Waals surface area contributed by atoms with E-state index in [-0.39, 0.29) is 30.2 Å². The van der Waals surface area contributed by atoms with E-state index in [1.54, 1.807) is 35.2 Å². The van der Waals surface area contributed by atoms with Gasteiger partial charge >= 0.3 is 0 Å². The van der Waals surface area contributed by atoms with Crippen LogP contribution in [0.4, 0.5) is 10.1 Å². The zero-order valence-corrected chi connectivity index (χ0v) is 20.8. The molecule has 2 amide bonds. The third kappa shape index (κ3) is 4.72. The van der Waals surface area contributed by atoms with Gasteiger partial charge in [-0.3, -0.25) is 9.59 Å². The van der Waals surface area contributed by atoms with Crippen molar-refractivity contribution in [1.29, 1.82) is 0 Å². The molecule has 0 saturated heterocycles. The lowest BCUT2D eigenvalue weighted by molar-refractivity contribution is 0.0889. The number of benzene rings is 3. The van der Waals surface area contributed by atoms with Gasteiger partial charge in [0.25, 0.3) is 11.8 Å². The fraction of sp³-hybridized carbons (Fsp3) is 0.310. The summed E-state index contributed by atoms with van der Waals surface area (Å²) in [4.78, 5) is 30.2. The van der Waals surface area contributed by atoms with Gasteiger partial charge in [0.05, 0.1) is 17.8 Å². The molecule has 5 rings (SSSR count). The number of rotatable bonds is 4. The maximum Gasteiger partial charge on any atom is 0.259 e. The Hall–Kier alpha value is -3.12. The molecule has 4 nitrogen and oxygen atoms in total. The molecule has 3 atom stereocenters. The van der Waals surface area contributed by atoms with Gasteiger partial charge in [-0.1, -0.05) is 68.8 Å². The van der Waals surface area contributed by atoms with Crippen LogP contribution in [0.2, 0.25) is 0 Å². The monoisotopic (exact) mass is 488 g/mol. The summed E-state index contributed by atoms with van der Waals surface area (Å²) < 4.78 is 14.6. The second-order valence-corrected chi connectivity index (χ2v) is 10.7. The van der Waals surface area contributed by atoms with Crippen LogP contribution in [0, 0.1) is 17.7 Å². The highest BCUT2D eigenvalue weighted by Gasteiger charge is 2.31. The Kier molecular flexibility index (Phi) is 6.65. The normalized spacial score (nSPS) is 21.6. The summed E-state index contributed by atoms with van der Waals surface area (Å²) in [7, 11) is 0. The molecule has 6 heteroatoms. The van der Waals surface area contributed by atoms with Crippen molar-refractivity contribution in [1.82, 2.24) is 5.32 Å². The zero-order chi connectivity index (χ0) is 24.5. The number of nitrogens with zero attached hydrogens (tertiary/aromatic N) is 1. The van der Waals surface area contributed by atoms with Gasteiger partial charge in [0.15, 0.2) is 0 Å². The lowest BCUT2D eigenvalue weighted by Crippen LogP contribution is -2.43. The van der Waals surface area contributed by atoms with Crippen molar-refractivity contribution < 1.29 is 14.0 Å². The molecule has 35 heavy (non-hydrogen) atoms. The second-order valence-electron chi connectivity index (χ2n) is 9.61. The fourth-order valence-corrected chi connectivity index (χ4v) is 6.11. The number of carbonyl (C=O) groups is 2. The maximum atomic E-state index is 14.6. The number of amides is 2. The molecule has 3 aromatic rings. The van der Waals surface area contributed by atoms with Gasteiger partial charge in [-0.25, -0.2) is 4.39 Å². The van der Waals surface area contributed by atoms with E-state index in [9.17, 15) is 14.0 Å². The average Bonchev–Trinajstić information content (AvgIpc) is 2.97. The molecular formula is C29H29FN2O2S. The van der Waals surface area contributed by atoms with E-state index in [0.29, 0.717) is 34.2 Å². The largest absolute Gasteiger partial charge is 0.349 e. The Morgan fingerprint density at radius 3 is 2.63 bits per heavy atom. The Balaban J connectivity index is 1.52. The van der Waals surface area contributed by atoms with E-state index in [1.807, 2.05) is 30.3 Å². The smallest absolute Gasteiger partial charge is 0.259 e. The third-order valence-electron chi connectivity index (χ3n) is 7.40. The van der Waals surface area contributed by atoms with Crippen LogP contribution in [0.1, 0.15) is 59.4 Å². The van der Waals surface area contributed by atoms with E-state index >= 15 is 0 Å². The van der Waals surface area contributed by atoms with Crippen LogP contribution in [-0.4, -0.2) is 17.9 Å². The first-order valence-electron chi connectivity index (χ1n) is 12.2. The van der Waals surface area contributed by atoms with Crippen molar-refractivity contribution in [3.63, 3.8) is 0 Å². The van der Waals surface area contributed by atoms with Gasteiger partial charge in [0.2, 0.25) is 0 Å². The molecule has 0 aromatic heterocycles. The molecular weight excluding hydrogens is 459 g/mol. The van der Waals surface area contributed by atoms with E-state index in [4.69, 9.17) is 0 Å². The quantitative estimate of drug-likeness (QED) is 0.445. The van der Waals surface area contributed by atoms with Crippen LogP contribution < -0.4 is 10.2 Å². The maximum absolute atomic E-state index is 14.6. The Morgan fingerprint density at radius 2 is 1.80 bits per heavy atom. The fourth-order valence-electron chi connectivity index (χ4n) is 5.05. The number of nitrogens with one attached hydrogen (secondary N) is 1. The molecule has 3 aromatic carbocycles. The summed E-state index contributed by atoms with van der Waals surface area (Å²) >= 11 is 1.49. The standard InChI is InChI=1S/C29H29FN2O2S/c1-18-8-7-12-24(19(18)2)31-28(33)20-14-15-27-25(16-20)32(17-21-9-3-5-11-23(21)30)29(34)22-10-4-6-13-26(22)35-27/h3-6,9-11,13-16,18-19,24H,7-8,12,17H2,1-2H3,(H,31,33)/t18-,19+,24-/m1/s1. The number of carbonyl (C=O) groups excluding carboxylic acids is 2. The summed E-state index contributed by atoms with van der Waals surface area (Å²) in [5.74, 6) is 0.287. The van der Waals surface area contributed by atoms with Crippen LogP contribution in [0.25, 0.3) is 0 Å². The van der Waals surface area contributed by atoms with Gasteiger partial charge in [-0.15, -0.1) is 0 Å². The Labute approximate surface area is 209 Å². The SMILES string of the molecule is C[C@H]1[C@H](C)CCC[C@H]1NC(=O)c1ccc2c(c1)N(Cc1ccccc1F)C(=O)c1ccccc1S2. The van der Waals surface area contributed by atoms with E-state index in [1.165, 1.54) is 24.2 Å². The molecule has 1 aliphatic carbocycles. The summed E-state index contributed by atoms with van der Waals surface area (Å²) in [6, 6.07) is 19.6. The van der Waals surface area contributed by atoms with E-state index < -0.39 is 0 Å². The van der Waals surface area contributed by atoms with E-state index in [2.05, 4.69) is 19.2 Å². The number of halogens is 1. The van der Waals surface area contributed by atoms with Crippen LogP contribution in [-0.2, 0) is 6.54 Å². The van der Waals surface area contributed by atoms with Crippen LogP contribution in [0.3, 0.4) is 0 Å². The zero-order valence-electron chi connectivity index (χ0n) is 20.0. The summed E-state index contributed by atoms with van der Waals surface area (Å²) in [6.45, 7) is 4.52. The minimum absolute atomic E-state index is 0.0790. The highest BCUT2D eigenvalue weighted by Crippen LogP contribution is 2.42. The van der Waals surface area contributed by atoms with Gasteiger partial charge < -0.3 is 10.2 Å². The van der Waals surface area contributed by atoms with Crippen molar-refractivity contribution in [3.8, 4) is 0 Å². The molecule has 1 heterocycles. The number of hydrogen-bond donors (Lipinski definition) is 1.